The van der Waals surface area contributed by atoms with Gasteiger partial charge in [0.25, 0.3) is 0 Å². The van der Waals surface area contributed by atoms with Gasteiger partial charge >= 0.3 is 0 Å². The lowest BCUT2D eigenvalue weighted by Gasteiger charge is -2.30. The zero-order chi connectivity index (χ0) is 13.1. The third-order valence-corrected chi connectivity index (χ3v) is 3.06. The molecule has 1 heterocycles. The van der Waals surface area contributed by atoms with Gasteiger partial charge < -0.3 is 15.2 Å². The van der Waals surface area contributed by atoms with E-state index in [-0.39, 0.29) is 17.6 Å². The highest BCUT2D eigenvalue weighted by Crippen LogP contribution is 2.23. The number of hydrogen-bond donors (Lipinski definition) is 2. The minimum absolute atomic E-state index is 0.00461. The highest BCUT2D eigenvalue weighted by Gasteiger charge is 2.24. The van der Waals surface area contributed by atoms with E-state index in [0.29, 0.717) is 19.6 Å². The fourth-order valence-corrected chi connectivity index (χ4v) is 2.20. The highest BCUT2D eigenvalue weighted by atomic mass is 19.2. The van der Waals surface area contributed by atoms with Crippen molar-refractivity contribution in [2.24, 2.45) is 0 Å². The summed E-state index contributed by atoms with van der Waals surface area (Å²) in [6.07, 6.45) is -0.739. The van der Waals surface area contributed by atoms with Crippen LogP contribution in [0.15, 0.2) is 18.2 Å². The highest BCUT2D eigenvalue weighted by molar-refractivity contribution is 5.21. The lowest BCUT2D eigenvalue weighted by molar-refractivity contribution is 0.0297. The number of aliphatic hydroxyl groups excluding tert-OH is 1. The van der Waals surface area contributed by atoms with Gasteiger partial charge in [0, 0.05) is 17.6 Å². The van der Waals surface area contributed by atoms with Gasteiger partial charge in [-0.25, -0.2) is 8.78 Å². The molecule has 1 saturated heterocycles. The van der Waals surface area contributed by atoms with Crippen molar-refractivity contribution in [3.05, 3.63) is 35.4 Å². The molecule has 0 radical (unpaired) electrons. The molecule has 2 N–H and O–H groups in total. The van der Waals surface area contributed by atoms with Gasteiger partial charge in [0.1, 0.15) is 0 Å². The number of nitrogens with one attached hydrogen (secondary N) is 1. The third kappa shape index (κ3) is 3.04. The summed E-state index contributed by atoms with van der Waals surface area (Å²) in [4.78, 5) is 0. The second-order valence-corrected chi connectivity index (χ2v) is 4.70. The van der Waals surface area contributed by atoms with Gasteiger partial charge in [-0.05, 0) is 19.4 Å². The first kappa shape index (κ1) is 13.4. The minimum atomic E-state index is -1.04. The largest absolute Gasteiger partial charge is 0.388 e. The average Bonchev–Trinajstić information content (AvgIpc) is 2.32. The summed E-state index contributed by atoms with van der Waals surface area (Å²) in [7, 11) is 0. The monoisotopic (exact) mass is 257 g/mol. The Labute approximate surface area is 105 Å². The molecule has 100 valence electrons. The van der Waals surface area contributed by atoms with Crippen molar-refractivity contribution in [1.82, 2.24) is 5.32 Å². The van der Waals surface area contributed by atoms with E-state index in [9.17, 15) is 13.9 Å². The molecule has 1 aliphatic rings. The molecule has 2 rings (SSSR count). The third-order valence-electron chi connectivity index (χ3n) is 3.06. The van der Waals surface area contributed by atoms with Gasteiger partial charge in [-0.1, -0.05) is 12.1 Å². The van der Waals surface area contributed by atoms with Crippen molar-refractivity contribution in [3.63, 3.8) is 0 Å². The van der Waals surface area contributed by atoms with Crippen LogP contribution in [0, 0.1) is 11.6 Å². The summed E-state index contributed by atoms with van der Waals surface area (Å²) >= 11 is 0. The maximum Gasteiger partial charge on any atom is 0.164 e. The number of aliphatic hydroxyl groups is 1. The van der Waals surface area contributed by atoms with Crippen molar-refractivity contribution in [2.75, 3.05) is 13.2 Å². The molecule has 0 aliphatic carbocycles. The minimum Gasteiger partial charge on any atom is -0.388 e. The molecular weight excluding hydrogens is 240 g/mol. The topological polar surface area (TPSA) is 41.5 Å². The lowest BCUT2D eigenvalue weighted by Crippen LogP contribution is -2.47. The molecule has 0 aromatic heterocycles. The van der Waals surface area contributed by atoms with E-state index >= 15 is 0 Å². The zero-order valence-corrected chi connectivity index (χ0v) is 10.2. The maximum absolute atomic E-state index is 13.5. The quantitative estimate of drug-likeness (QED) is 0.867. The molecule has 0 bridgehead atoms. The summed E-state index contributed by atoms with van der Waals surface area (Å²) in [5.41, 5.74) is -0.00461. The first-order valence-corrected chi connectivity index (χ1v) is 6.03. The molecule has 1 aromatic carbocycles. The molecule has 1 aliphatic heterocycles. The Kier molecular flexibility index (Phi) is 4.27. The Balaban J connectivity index is 2.02. The Hall–Kier alpha value is -1.04. The van der Waals surface area contributed by atoms with Crippen LogP contribution >= 0.6 is 0 Å². The smallest absolute Gasteiger partial charge is 0.164 e. The lowest BCUT2D eigenvalue weighted by atomic mass is 10.0. The standard InChI is InChI=1S/C13H17F2NO2/c1-8-6-18-7-9(16-8)5-12(17)10-3-2-4-11(14)13(10)15/h2-4,8-9,12,16-17H,5-7H2,1H3. The second-order valence-electron chi connectivity index (χ2n) is 4.70. The predicted octanol–water partition coefficient (Wildman–Crippen LogP) is 1.77. The summed E-state index contributed by atoms with van der Waals surface area (Å²) < 4.78 is 31.9. The van der Waals surface area contributed by atoms with Crippen molar-refractivity contribution in [2.45, 2.75) is 31.5 Å². The van der Waals surface area contributed by atoms with Gasteiger partial charge in [-0.15, -0.1) is 0 Å². The fraction of sp³-hybridized carbons (Fsp3) is 0.538. The first-order chi connectivity index (χ1) is 8.58. The van der Waals surface area contributed by atoms with Gasteiger partial charge in [-0.3, -0.25) is 0 Å². The number of hydrogen-bond acceptors (Lipinski definition) is 3. The van der Waals surface area contributed by atoms with Crippen LogP contribution in [0.1, 0.15) is 25.0 Å². The van der Waals surface area contributed by atoms with E-state index in [2.05, 4.69) is 5.32 Å². The zero-order valence-electron chi connectivity index (χ0n) is 10.2. The van der Waals surface area contributed by atoms with Crippen LogP contribution in [-0.2, 0) is 4.74 Å². The molecule has 0 saturated carbocycles. The van der Waals surface area contributed by atoms with Gasteiger partial charge in [-0.2, -0.15) is 0 Å². The van der Waals surface area contributed by atoms with Gasteiger partial charge in [0.05, 0.1) is 19.3 Å². The molecule has 3 nitrogen and oxygen atoms in total. The van der Waals surface area contributed by atoms with Crippen LogP contribution in [0.5, 0.6) is 0 Å². The number of rotatable bonds is 3. The molecule has 3 atom stereocenters. The van der Waals surface area contributed by atoms with Crippen LogP contribution in [-0.4, -0.2) is 30.4 Å². The Morgan fingerprint density at radius 2 is 2.22 bits per heavy atom. The molecule has 0 spiro atoms. The molecule has 5 heteroatoms. The van der Waals surface area contributed by atoms with E-state index in [1.54, 1.807) is 0 Å². The first-order valence-electron chi connectivity index (χ1n) is 6.03. The van der Waals surface area contributed by atoms with E-state index in [1.807, 2.05) is 6.92 Å². The van der Waals surface area contributed by atoms with Crippen molar-refractivity contribution in [3.8, 4) is 0 Å². The number of benzene rings is 1. The second kappa shape index (κ2) is 5.73. The van der Waals surface area contributed by atoms with E-state index in [4.69, 9.17) is 4.74 Å². The average molecular weight is 257 g/mol. The fourth-order valence-electron chi connectivity index (χ4n) is 2.20. The molecule has 0 amide bonds. The van der Waals surface area contributed by atoms with E-state index < -0.39 is 17.7 Å². The number of halogens is 2. The van der Waals surface area contributed by atoms with Gasteiger partial charge in [0.2, 0.25) is 0 Å². The summed E-state index contributed by atoms with van der Waals surface area (Å²) in [6.45, 7) is 3.07. The Bertz CT molecular complexity index is 414. The van der Waals surface area contributed by atoms with E-state index in [1.165, 1.54) is 12.1 Å². The predicted molar refractivity (Wildman–Crippen MR) is 63.1 cm³/mol. The van der Waals surface area contributed by atoms with Crippen molar-refractivity contribution >= 4 is 0 Å². The molecular formula is C13H17F2NO2. The normalized spacial score (nSPS) is 26.0. The SMILES string of the molecule is CC1COCC(CC(O)c2cccc(F)c2F)N1. The Morgan fingerprint density at radius 3 is 2.94 bits per heavy atom. The Morgan fingerprint density at radius 1 is 1.44 bits per heavy atom. The summed E-state index contributed by atoms with van der Waals surface area (Å²) in [5, 5.41) is 13.2. The van der Waals surface area contributed by atoms with Crippen LogP contribution in [0.25, 0.3) is 0 Å². The van der Waals surface area contributed by atoms with Crippen molar-refractivity contribution in [1.29, 1.82) is 0 Å². The number of morpholine rings is 1. The van der Waals surface area contributed by atoms with Crippen LogP contribution in [0.3, 0.4) is 0 Å². The van der Waals surface area contributed by atoms with Crippen LogP contribution in [0.4, 0.5) is 8.78 Å². The van der Waals surface area contributed by atoms with Crippen LogP contribution in [0.2, 0.25) is 0 Å². The van der Waals surface area contributed by atoms with Gasteiger partial charge in [0.15, 0.2) is 11.6 Å². The van der Waals surface area contributed by atoms with E-state index in [0.717, 1.165) is 6.07 Å². The molecule has 1 aromatic rings. The molecule has 1 fully saturated rings. The molecule has 3 unspecified atom stereocenters. The number of ether oxygens (including phenoxy) is 1. The van der Waals surface area contributed by atoms with Crippen LogP contribution < -0.4 is 5.32 Å². The summed E-state index contributed by atoms with van der Waals surface area (Å²) in [6, 6.07) is 3.98. The molecule has 18 heavy (non-hydrogen) atoms. The summed E-state index contributed by atoms with van der Waals surface area (Å²) in [5.74, 6) is -1.91. The maximum atomic E-state index is 13.5. The van der Waals surface area contributed by atoms with Crippen molar-refractivity contribution < 1.29 is 18.6 Å².